The number of allylic oxidation sites excluding steroid dienone is 1. The Morgan fingerprint density at radius 2 is 1.55 bits per heavy atom. The number of rotatable bonds is 6. The van der Waals surface area contributed by atoms with E-state index in [0.29, 0.717) is 30.1 Å². The van der Waals surface area contributed by atoms with Gasteiger partial charge in [-0.15, -0.1) is 0 Å². The zero-order valence-corrected chi connectivity index (χ0v) is 33.5. The van der Waals surface area contributed by atoms with Gasteiger partial charge in [0.15, 0.2) is 18.4 Å². The van der Waals surface area contributed by atoms with Crippen LogP contribution >= 0.6 is 0 Å². The van der Waals surface area contributed by atoms with E-state index in [1.165, 1.54) is 13.8 Å². The van der Waals surface area contributed by atoms with Crippen LogP contribution in [0.5, 0.6) is 0 Å². The summed E-state index contributed by atoms with van der Waals surface area (Å²) in [6.45, 7) is 12.9. The maximum atomic E-state index is 11.8. The van der Waals surface area contributed by atoms with Gasteiger partial charge in [-0.1, -0.05) is 39.3 Å². The smallest absolute Gasteiger partial charge is 0.393 e. The minimum Gasteiger partial charge on any atom is -0.393 e. The predicted molar refractivity (Wildman–Crippen MR) is 192 cm³/mol. The molecule has 4 heterocycles. The van der Waals surface area contributed by atoms with Gasteiger partial charge in [-0.25, -0.2) is 4.18 Å². The van der Waals surface area contributed by atoms with Crippen molar-refractivity contribution in [2.45, 2.75) is 178 Å². The summed E-state index contributed by atoms with van der Waals surface area (Å²) in [7, 11) is -5.05. The van der Waals surface area contributed by atoms with Gasteiger partial charge in [-0.05, 0) is 87.4 Å². The fourth-order valence-electron chi connectivity index (χ4n) is 12.9. The van der Waals surface area contributed by atoms with Crippen LogP contribution in [0.3, 0.4) is 0 Å². The molecule has 314 valence electrons. The third kappa shape index (κ3) is 6.70. The fourth-order valence-corrected chi connectivity index (χ4v) is 13.4. The van der Waals surface area contributed by atoms with Gasteiger partial charge < -0.3 is 54.0 Å². The molecule has 4 unspecified atom stereocenters. The second kappa shape index (κ2) is 14.4. The van der Waals surface area contributed by atoms with Gasteiger partial charge in [0, 0.05) is 24.2 Å². The van der Waals surface area contributed by atoms with E-state index in [4.69, 9.17) is 32.6 Å². The standard InChI is InChI=1S/C39H62O15S/c1-17-9-12-39(48-16-17)18(2)28-26(53-39)15-25-23-8-7-21-13-22(40)14-27(38(21,6)24(23)10-11-37(25,28)5)51-36-34(32(44)33(20(4)50-36)54-55(45,46)47)52-35-31(43)30(42)29(41)19(3)49-35/h7,17-20,22-36,40-44H,8-16H2,1-6H3,(H,45,46,47)/t17-,18+,19+,20-,22+,23?,24?,25?,26+,27+,28?,29+,30-,31-,32+,33+,34-,35+,36+,37+,38+,39-/m0/s1. The molecule has 0 aromatic carbocycles. The SMILES string of the molecule is C[C@H]1CC[C@]2(OC1)O[C@@H]1CC3C4CC=C5C[C@@H](O)C[C@@H](O[C@H]6O[C@@H](C)[C@@H](OS(=O)(=O)O)[C@@H](O)[C@@H]6O[C@H]6O[C@H](C)[C@@H](O)[C@H](O)[C@@H]6O)[C@@]5(C)C4CC[C@@]3(C)C1[C@H]2C. The van der Waals surface area contributed by atoms with E-state index in [9.17, 15) is 38.5 Å². The van der Waals surface area contributed by atoms with Gasteiger partial charge in [0.05, 0.1) is 37.1 Å². The molecule has 16 heteroatoms. The Morgan fingerprint density at radius 1 is 0.818 bits per heavy atom. The van der Waals surface area contributed by atoms with Gasteiger partial charge in [0.1, 0.15) is 36.6 Å². The van der Waals surface area contributed by atoms with Crippen LogP contribution in [0, 0.1) is 46.3 Å². The molecule has 3 saturated carbocycles. The lowest BCUT2D eigenvalue weighted by Gasteiger charge is -2.60. The van der Waals surface area contributed by atoms with Crippen LogP contribution in [0.25, 0.3) is 0 Å². The summed E-state index contributed by atoms with van der Waals surface area (Å²) in [6.07, 6.45) is -7.23. The van der Waals surface area contributed by atoms with Gasteiger partial charge in [-0.2, -0.15) is 8.42 Å². The van der Waals surface area contributed by atoms with Crippen molar-refractivity contribution in [3.8, 4) is 0 Å². The molecule has 7 fully saturated rings. The summed E-state index contributed by atoms with van der Waals surface area (Å²) < 4.78 is 76.3. The number of hydrogen-bond donors (Lipinski definition) is 6. The Labute approximate surface area is 323 Å². The Morgan fingerprint density at radius 3 is 2.24 bits per heavy atom. The van der Waals surface area contributed by atoms with Crippen molar-refractivity contribution >= 4 is 10.4 Å². The van der Waals surface area contributed by atoms with Crippen LogP contribution in [-0.4, -0.2) is 131 Å². The Balaban J connectivity index is 1.07. The number of aliphatic hydroxyl groups is 5. The van der Waals surface area contributed by atoms with E-state index in [1.54, 1.807) is 0 Å². The van der Waals surface area contributed by atoms with E-state index in [1.807, 2.05) is 0 Å². The molecule has 8 rings (SSSR count). The molecule has 0 amide bonds. The molecule has 0 aromatic rings. The highest BCUT2D eigenvalue weighted by atomic mass is 32.3. The molecule has 15 nitrogen and oxygen atoms in total. The molecular weight excluding hydrogens is 740 g/mol. The van der Waals surface area contributed by atoms with Crippen molar-refractivity contribution in [2.24, 2.45) is 46.3 Å². The quantitative estimate of drug-likeness (QED) is 0.168. The first-order chi connectivity index (χ1) is 25.8. The fraction of sp³-hybridized carbons (Fsp3) is 0.949. The molecule has 4 aliphatic heterocycles. The summed E-state index contributed by atoms with van der Waals surface area (Å²) in [6, 6.07) is 0. The first kappa shape index (κ1) is 40.9. The molecule has 8 aliphatic rings. The summed E-state index contributed by atoms with van der Waals surface area (Å²) in [5.41, 5.74) is 0.632. The Kier molecular flexibility index (Phi) is 10.7. The second-order valence-electron chi connectivity index (χ2n) is 18.8. The monoisotopic (exact) mass is 802 g/mol. The molecule has 55 heavy (non-hydrogen) atoms. The van der Waals surface area contributed by atoms with E-state index in [2.05, 4.69) is 33.8 Å². The molecule has 4 saturated heterocycles. The summed E-state index contributed by atoms with van der Waals surface area (Å²) in [5.74, 6) is 1.63. The second-order valence-corrected chi connectivity index (χ2v) is 19.9. The molecule has 6 N–H and O–H groups in total. The zero-order chi connectivity index (χ0) is 39.6. The summed E-state index contributed by atoms with van der Waals surface area (Å²) in [5, 5.41) is 54.5. The van der Waals surface area contributed by atoms with Gasteiger partial charge in [0.25, 0.3) is 0 Å². The highest BCUT2D eigenvalue weighted by Gasteiger charge is 2.69. The van der Waals surface area contributed by atoms with Crippen LogP contribution in [0.4, 0.5) is 0 Å². The van der Waals surface area contributed by atoms with Crippen molar-refractivity contribution in [1.82, 2.24) is 0 Å². The van der Waals surface area contributed by atoms with E-state index in [-0.39, 0.29) is 29.8 Å². The molecule has 0 radical (unpaired) electrons. The van der Waals surface area contributed by atoms with Crippen LogP contribution < -0.4 is 0 Å². The van der Waals surface area contributed by atoms with Crippen LogP contribution in [0.15, 0.2) is 11.6 Å². The number of fused-ring (bicyclic) bond motifs is 7. The van der Waals surface area contributed by atoms with Gasteiger partial charge >= 0.3 is 10.4 Å². The minimum absolute atomic E-state index is 0.0660. The van der Waals surface area contributed by atoms with Crippen molar-refractivity contribution in [2.75, 3.05) is 6.61 Å². The Bertz CT molecular complexity index is 1570. The topological polar surface area (TPSA) is 220 Å². The zero-order valence-electron chi connectivity index (χ0n) is 32.7. The van der Waals surface area contributed by atoms with E-state index < -0.39 is 95.2 Å². The highest BCUT2D eigenvalue weighted by molar-refractivity contribution is 7.80. The highest BCUT2D eigenvalue weighted by Crippen LogP contribution is 2.71. The number of ether oxygens (including phenoxy) is 6. The van der Waals surface area contributed by atoms with Gasteiger partial charge in [-0.3, -0.25) is 4.55 Å². The van der Waals surface area contributed by atoms with Crippen molar-refractivity contribution in [3.05, 3.63) is 11.6 Å². The summed E-state index contributed by atoms with van der Waals surface area (Å²) in [4.78, 5) is 0. The maximum absolute atomic E-state index is 11.8. The first-order valence-electron chi connectivity index (χ1n) is 20.5. The average Bonchev–Trinajstić information content (AvgIpc) is 3.56. The third-order valence-electron chi connectivity index (χ3n) is 15.8. The lowest BCUT2D eigenvalue weighted by Crippen LogP contribution is -2.65. The molecular formula is C39H62O15S. The van der Waals surface area contributed by atoms with Crippen LogP contribution in [-0.2, 0) is 43.0 Å². The van der Waals surface area contributed by atoms with Crippen molar-refractivity contribution < 1.29 is 71.1 Å². The van der Waals surface area contributed by atoms with Crippen molar-refractivity contribution in [1.29, 1.82) is 0 Å². The lowest BCUT2D eigenvalue weighted by atomic mass is 9.46. The molecule has 0 aromatic heterocycles. The minimum atomic E-state index is -5.05. The molecule has 0 bridgehead atoms. The van der Waals surface area contributed by atoms with E-state index in [0.717, 1.165) is 50.7 Å². The molecule has 4 aliphatic carbocycles. The number of hydrogen-bond acceptors (Lipinski definition) is 14. The molecule has 22 atom stereocenters. The normalized spacial score (nSPS) is 56.7. The van der Waals surface area contributed by atoms with E-state index >= 15 is 0 Å². The molecule has 1 spiro atoms. The Hall–Kier alpha value is -0.830. The van der Waals surface area contributed by atoms with Crippen LogP contribution in [0.2, 0.25) is 0 Å². The lowest BCUT2D eigenvalue weighted by molar-refractivity contribution is -0.370. The number of aliphatic hydroxyl groups excluding tert-OH is 5. The summed E-state index contributed by atoms with van der Waals surface area (Å²) >= 11 is 0. The predicted octanol–water partition coefficient (Wildman–Crippen LogP) is 2.22. The largest absolute Gasteiger partial charge is 0.397 e. The third-order valence-corrected chi connectivity index (χ3v) is 16.3. The van der Waals surface area contributed by atoms with Crippen molar-refractivity contribution in [3.63, 3.8) is 0 Å². The maximum Gasteiger partial charge on any atom is 0.397 e. The first-order valence-corrected chi connectivity index (χ1v) is 21.8. The average molecular weight is 803 g/mol. The van der Waals surface area contributed by atoms with Gasteiger partial charge in [0.2, 0.25) is 0 Å². The van der Waals surface area contributed by atoms with Crippen LogP contribution in [0.1, 0.15) is 92.9 Å².